The zero-order valence-electron chi connectivity index (χ0n) is 21.0. The van der Waals surface area contributed by atoms with Crippen LogP contribution in [0.2, 0.25) is 0 Å². The fourth-order valence-electron chi connectivity index (χ4n) is 3.97. The molecular weight excluding hydrogens is 529 g/mol. The van der Waals surface area contributed by atoms with E-state index in [1.54, 1.807) is 30.3 Å². The van der Waals surface area contributed by atoms with Crippen LogP contribution in [0.1, 0.15) is 5.56 Å². The van der Waals surface area contributed by atoms with Crippen molar-refractivity contribution >= 4 is 28.9 Å². The number of anilines is 2. The van der Waals surface area contributed by atoms with Crippen molar-refractivity contribution in [3.05, 3.63) is 84.1 Å². The van der Waals surface area contributed by atoms with E-state index in [0.717, 1.165) is 12.1 Å². The van der Waals surface area contributed by atoms with E-state index in [2.05, 4.69) is 30.1 Å². The van der Waals surface area contributed by atoms with E-state index in [1.165, 1.54) is 30.3 Å². The first-order valence-electron chi connectivity index (χ1n) is 11.9. The third-order valence-corrected chi connectivity index (χ3v) is 5.79. The molecule has 13 heteroatoms. The molecule has 0 saturated carbocycles. The van der Waals surface area contributed by atoms with Gasteiger partial charge in [0.1, 0.15) is 36.3 Å². The number of carbonyl (C=O) groups excluding carboxylic acids is 1. The summed E-state index contributed by atoms with van der Waals surface area (Å²) in [6.45, 7) is -0.0867. The summed E-state index contributed by atoms with van der Waals surface area (Å²) < 4.78 is 60.0. The first kappa shape index (κ1) is 26.4. The Morgan fingerprint density at radius 2 is 1.82 bits per heavy atom. The molecule has 3 aromatic heterocycles. The standard InChI is InChI=1S/C27H21F3N6O4/c1-38-23-13-32-27(34-26(23)33-16-6-7-31-24(30)10-16)25-18-4-2-3-5-22(18)36(35-25)14-19-20(28)11-17(12-21(19)29)40-9-8-39-15-37/h2-7,10-13,15H,8-9,14H2,1H3,(H,31,32,33,34). The Hall–Kier alpha value is -5.20. The maximum absolute atomic E-state index is 14.9. The van der Waals surface area contributed by atoms with Crippen molar-refractivity contribution in [2.75, 3.05) is 25.6 Å². The minimum Gasteiger partial charge on any atom is -0.491 e. The van der Waals surface area contributed by atoms with Gasteiger partial charge in [0.2, 0.25) is 5.95 Å². The molecule has 0 fully saturated rings. The van der Waals surface area contributed by atoms with Crippen LogP contribution in [0.3, 0.4) is 0 Å². The lowest BCUT2D eigenvalue weighted by Gasteiger charge is -2.11. The number of para-hydroxylation sites is 1. The largest absolute Gasteiger partial charge is 0.491 e. The lowest BCUT2D eigenvalue weighted by molar-refractivity contribution is -0.129. The molecule has 0 bridgehead atoms. The average molecular weight is 550 g/mol. The zero-order valence-corrected chi connectivity index (χ0v) is 21.0. The number of fused-ring (bicyclic) bond motifs is 1. The normalized spacial score (nSPS) is 10.9. The molecule has 0 atom stereocenters. The highest BCUT2D eigenvalue weighted by molar-refractivity contribution is 5.92. The van der Waals surface area contributed by atoms with Crippen molar-refractivity contribution in [1.29, 1.82) is 0 Å². The molecule has 0 aliphatic heterocycles. The summed E-state index contributed by atoms with van der Waals surface area (Å²) in [7, 11) is 1.44. The van der Waals surface area contributed by atoms with Gasteiger partial charge in [0.25, 0.3) is 6.47 Å². The third-order valence-electron chi connectivity index (χ3n) is 5.79. The molecule has 40 heavy (non-hydrogen) atoms. The van der Waals surface area contributed by atoms with Crippen molar-refractivity contribution in [3.8, 4) is 23.0 Å². The van der Waals surface area contributed by atoms with Crippen LogP contribution in [0.5, 0.6) is 11.5 Å². The van der Waals surface area contributed by atoms with Crippen LogP contribution in [0, 0.1) is 17.6 Å². The van der Waals surface area contributed by atoms with Crippen molar-refractivity contribution in [2.24, 2.45) is 0 Å². The number of rotatable bonds is 11. The number of methoxy groups -OCH3 is 1. The van der Waals surface area contributed by atoms with Crippen LogP contribution in [0.25, 0.3) is 22.4 Å². The van der Waals surface area contributed by atoms with E-state index in [4.69, 9.17) is 9.47 Å². The SMILES string of the molecule is COc1cnc(-c2nn(Cc3c(F)cc(OCCOC=O)cc3F)c3ccccc23)nc1Nc1ccnc(F)c1. The van der Waals surface area contributed by atoms with E-state index in [0.29, 0.717) is 28.0 Å². The van der Waals surface area contributed by atoms with Crippen LogP contribution in [0.15, 0.2) is 60.9 Å². The Morgan fingerprint density at radius 1 is 1.02 bits per heavy atom. The van der Waals surface area contributed by atoms with Gasteiger partial charge in [-0.15, -0.1) is 0 Å². The Balaban J connectivity index is 1.48. The van der Waals surface area contributed by atoms with Gasteiger partial charge in [-0.25, -0.2) is 23.7 Å². The molecule has 0 spiro atoms. The second kappa shape index (κ2) is 11.7. The van der Waals surface area contributed by atoms with Crippen molar-refractivity contribution < 1.29 is 32.2 Å². The Kier molecular flexibility index (Phi) is 7.71. The van der Waals surface area contributed by atoms with E-state index in [9.17, 15) is 18.0 Å². The molecule has 2 aromatic carbocycles. The van der Waals surface area contributed by atoms with Crippen molar-refractivity contribution in [3.63, 3.8) is 0 Å². The fourth-order valence-corrected chi connectivity index (χ4v) is 3.97. The van der Waals surface area contributed by atoms with Crippen molar-refractivity contribution in [2.45, 2.75) is 6.54 Å². The number of hydrogen-bond donors (Lipinski definition) is 1. The topological polar surface area (TPSA) is 113 Å². The Labute approximate surface area is 225 Å². The van der Waals surface area contributed by atoms with Gasteiger partial charge in [-0.2, -0.15) is 9.49 Å². The van der Waals surface area contributed by atoms with Gasteiger partial charge in [0.15, 0.2) is 17.4 Å². The Bertz CT molecular complexity index is 1660. The number of benzene rings is 2. The lowest BCUT2D eigenvalue weighted by Crippen LogP contribution is -2.09. The third kappa shape index (κ3) is 5.62. The maximum Gasteiger partial charge on any atom is 0.293 e. The molecule has 3 heterocycles. The van der Waals surface area contributed by atoms with Gasteiger partial charge in [-0.05, 0) is 12.1 Å². The monoisotopic (exact) mass is 550 g/mol. The average Bonchev–Trinajstić information content (AvgIpc) is 3.31. The van der Waals surface area contributed by atoms with Crippen molar-refractivity contribution in [1.82, 2.24) is 24.7 Å². The van der Waals surface area contributed by atoms with Crippen LogP contribution in [-0.2, 0) is 16.1 Å². The number of aromatic nitrogens is 5. The second-order valence-corrected chi connectivity index (χ2v) is 8.31. The fraction of sp³-hybridized carbons (Fsp3) is 0.148. The molecule has 10 nitrogen and oxygen atoms in total. The summed E-state index contributed by atoms with van der Waals surface area (Å²) in [5, 5.41) is 8.21. The quantitative estimate of drug-likeness (QED) is 0.143. The zero-order chi connectivity index (χ0) is 28.1. The highest BCUT2D eigenvalue weighted by Crippen LogP contribution is 2.31. The molecule has 204 valence electrons. The minimum atomic E-state index is -0.829. The summed E-state index contributed by atoms with van der Waals surface area (Å²) in [5.41, 5.74) is 1.11. The molecule has 0 amide bonds. The predicted octanol–water partition coefficient (Wildman–Crippen LogP) is 4.66. The molecule has 0 aliphatic rings. The molecule has 0 aliphatic carbocycles. The molecule has 0 unspecified atom stereocenters. The van der Waals surface area contributed by atoms with Gasteiger partial charge in [0, 0.05) is 41.0 Å². The van der Waals surface area contributed by atoms with Gasteiger partial charge >= 0.3 is 0 Å². The first-order valence-corrected chi connectivity index (χ1v) is 11.9. The summed E-state index contributed by atoms with van der Waals surface area (Å²) in [6, 6.07) is 12.0. The number of nitrogens with one attached hydrogen (secondary N) is 1. The number of halogens is 3. The van der Waals surface area contributed by atoms with E-state index in [1.807, 2.05) is 0 Å². The number of pyridine rings is 1. The molecule has 5 rings (SSSR count). The Morgan fingerprint density at radius 3 is 2.58 bits per heavy atom. The molecule has 5 aromatic rings. The van der Waals surface area contributed by atoms with Crippen LogP contribution in [-0.4, -0.2) is 51.5 Å². The first-order chi connectivity index (χ1) is 19.5. The molecule has 0 radical (unpaired) electrons. The van der Waals surface area contributed by atoms with Gasteiger partial charge < -0.3 is 19.5 Å². The lowest BCUT2D eigenvalue weighted by atomic mass is 10.1. The highest BCUT2D eigenvalue weighted by atomic mass is 19.1. The summed E-state index contributed by atoms with van der Waals surface area (Å²) in [5.74, 6) is -1.62. The summed E-state index contributed by atoms with van der Waals surface area (Å²) in [6.07, 6.45) is 2.74. The van der Waals surface area contributed by atoms with Gasteiger partial charge in [-0.1, -0.05) is 18.2 Å². The molecule has 0 saturated heterocycles. The van der Waals surface area contributed by atoms with Crippen LogP contribution in [0.4, 0.5) is 24.7 Å². The number of nitrogens with zero attached hydrogens (tertiary/aromatic N) is 5. The number of hydrogen-bond acceptors (Lipinski definition) is 9. The molecular formula is C27H21F3N6O4. The summed E-state index contributed by atoms with van der Waals surface area (Å²) in [4.78, 5) is 22.7. The van der Waals surface area contributed by atoms with E-state index in [-0.39, 0.29) is 49.2 Å². The predicted molar refractivity (Wildman–Crippen MR) is 138 cm³/mol. The number of ether oxygens (including phenoxy) is 3. The molecule has 1 N–H and O–H groups in total. The van der Waals surface area contributed by atoms with Gasteiger partial charge in [0.05, 0.1) is 25.4 Å². The smallest absolute Gasteiger partial charge is 0.293 e. The highest BCUT2D eigenvalue weighted by Gasteiger charge is 2.20. The second-order valence-electron chi connectivity index (χ2n) is 8.31. The van der Waals surface area contributed by atoms with Gasteiger partial charge in [-0.3, -0.25) is 9.48 Å². The van der Waals surface area contributed by atoms with Crippen LogP contribution >= 0.6 is 0 Å². The number of carbonyl (C=O) groups is 1. The summed E-state index contributed by atoms with van der Waals surface area (Å²) >= 11 is 0. The van der Waals surface area contributed by atoms with Crippen LogP contribution < -0.4 is 14.8 Å². The maximum atomic E-state index is 14.9. The van der Waals surface area contributed by atoms with E-state index < -0.39 is 17.6 Å². The minimum absolute atomic E-state index is 0.0417. The van der Waals surface area contributed by atoms with E-state index >= 15 is 0 Å².